The van der Waals surface area contributed by atoms with E-state index >= 15 is 0 Å². The summed E-state index contributed by atoms with van der Waals surface area (Å²) in [5, 5.41) is 9.80. The fourth-order valence-corrected chi connectivity index (χ4v) is 3.59. The lowest BCUT2D eigenvalue weighted by atomic mass is 10.1. The van der Waals surface area contributed by atoms with Crippen LogP contribution in [0.15, 0.2) is 55.5 Å². The van der Waals surface area contributed by atoms with Crippen LogP contribution in [0.25, 0.3) is 16.7 Å². The van der Waals surface area contributed by atoms with E-state index in [9.17, 15) is 0 Å². The maximum atomic E-state index is 4.55. The molecule has 8 heteroatoms. The van der Waals surface area contributed by atoms with Crippen molar-refractivity contribution in [1.82, 2.24) is 34.5 Å². The molecule has 5 rings (SSSR count). The van der Waals surface area contributed by atoms with Gasteiger partial charge in [0.2, 0.25) is 0 Å². The van der Waals surface area contributed by atoms with Gasteiger partial charge in [0.25, 0.3) is 0 Å². The lowest BCUT2D eigenvalue weighted by Crippen LogP contribution is -2.35. The third-order valence-corrected chi connectivity index (χ3v) is 4.92. The van der Waals surface area contributed by atoms with Crippen molar-refractivity contribution in [2.24, 2.45) is 0 Å². The fourth-order valence-electron chi connectivity index (χ4n) is 3.59. The largest absolute Gasteiger partial charge is 0.356 e. The summed E-state index contributed by atoms with van der Waals surface area (Å²) in [7, 11) is 0. The molecule has 0 atom stereocenters. The number of fused-ring (bicyclic) bond motifs is 1. The molecule has 4 heterocycles. The van der Waals surface area contributed by atoms with Gasteiger partial charge in [-0.1, -0.05) is 18.2 Å². The summed E-state index contributed by atoms with van der Waals surface area (Å²) >= 11 is 0. The first-order valence-electron chi connectivity index (χ1n) is 8.73. The van der Waals surface area contributed by atoms with Crippen LogP contribution in [0.4, 0.5) is 5.82 Å². The molecule has 130 valence electrons. The molecule has 26 heavy (non-hydrogen) atoms. The normalized spacial score (nSPS) is 15.6. The predicted octanol–water partition coefficient (Wildman–Crippen LogP) is 2.25. The Hall–Kier alpha value is -3.29. The minimum Gasteiger partial charge on any atom is -0.356 e. The van der Waals surface area contributed by atoms with Crippen molar-refractivity contribution in [2.75, 3.05) is 18.0 Å². The molecule has 0 spiro atoms. The Balaban J connectivity index is 1.44. The smallest absolute Gasteiger partial charge is 0.168 e. The quantitative estimate of drug-likeness (QED) is 0.566. The number of anilines is 1. The molecule has 0 saturated carbocycles. The van der Waals surface area contributed by atoms with Gasteiger partial charge in [-0.2, -0.15) is 10.2 Å². The fraction of sp³-hybridized carbons (Fsp3) is 0.278. The van der Waals surface area contributed by atoms with Crippen LogP contribution in [-0.2, 0) is 0 Å². The van der Waals surface area contributed by atoms with Crippen molar-refractivity contribution in [2.45, 2.75) is 18.9 Å². The summed E-state index contributed by atoms with van der Waals surface area (Å²) in [6.45, 7) is 1.85. The zero-order valence-electron chi connectivity index (χ0n) is 14.2. The van der Waals surface area contributed by atoms with Gasteiger partial charge in [-0.3, -0.25) is 0 Å². The van der Waals surface area contributed by atoms with E-state index in [2.05, 4.69) is 30.0 Å². The van der Waals surface area contributed by atoms with Crippen molar-refractivity contribution >= 4 is 16.9 Å². The summed E-state index contributed by atoms with van der Waals surface area (Å²) < 4.78 is 3.82. The molecule has 0 unspecified atom stereocenters. The Morgan fingerprint density at radius 1 is 0.923 bits per heavy atom. The first-order valence-corrected chi connectivity index (χ1v) is 8.73. The van der Waals surface area contributed by atoms with Crippen molar-refractivity contribution in [3.63, 3.8) is 0 Å². The van der Waals surface area contributed by atoms with Crippen molar-refractivity contribution in [1.29, 1.82) is 0 Å². The minimum absolute atomic E-state index is 0.401. The first kappa shape index (κ1) is 15.0. The van der Waals surface area contributed by atoms with Crippen LogP contribution in [-0.4, -0.2) is 47.6 Å². The number of rotatable bonds is 3. The SMILES string of the molecule is c1ccc(-n2ncc3c(N4CCC(n5cncn5)CC4)ncnc32)cc1. The van der Waals surface area contributed by atoms with Crippen LogP contribution in [0.1, 0.15) is 18.9 Å². The number of piperidine rings is 1. The second-order valence-corrected chi connectivity index (χ2v) is 6.42. The van der Waals surface area contributed by atoms with E-state index in [0.29, 0.717) is 6.04 Å². The minimum atomic E-state index is 0.401. The van der Waals surface area contributed by atoms with Gasteiger partial charge < -0.3 is 4.90 Å². The summed E-state index contributed by atoms with van der Waals surface area (Å²) in [6, 6.07) is 10.4. The monoisotopic (exact) mass is 346 g/mol. The van der Waals surface area contributed by atoms with E-state index < -0.39 is 0 Å². The molecular formula is C18H18N8. The first-order chi connectivity index (χ1) is 12.9. The molecule has 0 amide bonds. The molecule has 1 aromatic carbocycles. The number of para-hydroxylation sites is 1. The molecule has 1 aliphatic heterocycles. The predicted molar refractivity (Wildman–Crippen MR) is 97.2 cm³/mol. The van der Waals surface area contributed by atoms with Crippen LogP contribution in [0.3, 0.4) is 0 Å². The number of hydrogen-bond donors (Lipinski definition) is 0. The van der Waals surface area contributed by atoms with Gasteiger partial charge in [-0.15, -0.1) is 0 Å². The van der Waals surface area contributed by atoms with E-state index in [4.69, 9.17) is 0 Å². The maximum Gasteiger partial charge on any atom is 0.168 e. The van der Waals surface area contributed by atoms with E-state index in [1.165, 1.54) is 0 Å². The molecule has 1 saturated heterocycles. The highest BCUT2D eigenvalue weighted by molar-refractivity contribution is 5.87. The van der Waals surface area contributed by atoms with Gasteiger partial charge in [-0.05, 0) is 25.0 Å². The van der Waals surface area contributed by atoms with Crippen LogP contribution in [0.5, 0.6) is 0 Å². The third-order valence-electron chi connectivity index (χ3n) is 4.92. The number of benzene rings is 1. The second-order valence-electron chi connectivity index (χ2n) is 6.42. The molecule has 0 bridgehead atoms. The third kappa shape index (κ3) is 2.50. The number of aromatic nitrogens is 7. The van der Waals surface area contributed by atoms with Crippen LogP contribution < -0.4 is 4.90 Å². The molecule has 8 nitrogen and oxygen atoms in total. The summed E-state index contributed by atoms with van der Waals surface area (Å²) in [6.07, 6.45) is 8.91. The highest BCUT2D eigenvalue weighted by atomic mass is 15.3. The highest BCUT2D eigenvalue weighted by Crippen LogP contribution is 2.29. The second kappa shape index (κ2) is 6.21. The van der Waals surface area contributed by atoms with Crippen LogP contribution in [0, 0.1) is 0 Å². The van der Waals surface area contributed by atoms with E-state index in [0.717, 1.165) is 48.5 Å². The summed E-state index contributed by atoms with van der Waals surface area (Å²) in [4.78, 5) is 15.4. The van der Waals surface area contributed by atoms with E-state index in [-0.39, 0.29) is 0 Å². The maximum absolute atomic E-state index is 4.55. The molecule has 0 aliphatic carbocycles. The van der Waals surface area contributed by atoms with Gasteiger partial charge in [0, 0.05) is 13.1 Å². The lowest BCUT2D eigenvalue weighted by molar-refractivity contribution is 0.365. The van der Waals surface area contributed by atoms with Gasteiger partial charge in [-0.25, -0.2) is 24.3 Å². The summed E-state index contributed by atoms with van der Waals surface area (Å²) in [5.41, 5.74) is 1.83. The Labute approximate surface area is 150 Å². The molecule has 3 aromatic heterocycles. The topological polar surface area (TPSA) is 77.5 Å². The highest BCUT2D eigenvalue weighted by Gasteiger charge is 2.24. The summed E-state index contributed by atoms with van der Waals surface area (Å²) in [5.74, 6) is 0.953. The molecule has 1 aliphatic rings. The van der Waals surface area contributed by atoms with Crippen LogP contribution >= 0.6 is 0 Å². The van der Waals surface area contributed by atoms with E-state index in [1.54, 1.807) is 19.0 Å². The van der Waals surface area contributed by atoms with Crippen molar-refractivity contribution in [3.05, 3.63) is 55.5 Å². The zero-order chi connectivity index (χ0) is 17.3. The van der Waals surface area contributed by atoms with Gasteiger partial charge in [0.1, 0.15) is 24.8 Å². The average molecular weight is 346 g/mol. The average Bonchev–Trinajstić information content (AvgIpc) is 3.39. The Morgan fingerprint density at radius 2 is 1.77 bits per heavy atom. The Bertz CT molecular complexity index is 1000. The molecule has 0 radical (unpaired) electrons. The van der Waals surface area contributed by atoms with Crippen LogP contribution in [0.2, 0.25) is 0 Å². The van der Waals surface area contributed by atoms with Gasteiger partial charge in [0.15, 0.2) is 5.65 Å². The van der Waals surface area contributed by atoms with Gasteiger partial charge >= 0.3 is 0 Å². The van der Waals surface area contributed by atoms with Crippen molar-refractivity contribution < 1.29 is 0 Å². The Kier molecular flexibility index (Phi) is 3.59. The van der Waals surface area contributed by atoms with Crippen molar-refractivity contribution in [3.8, 4) is 5.69 Å². The number of nitrogens with zero attached hydrogens (tertiary/aromatic N) is 8. The molecule has 0 N–H and O–H groups in total. The molecule has 4 aromatic rings. The lowest BCUT2D eigenvalue weighted by Gasteiger charge is -2.32. The Morgan fingerprint density at radius 3 is 2.54 bits per heavy atom. The molecule has 1 fully saturated rings. The standard InChI is InChI=1S/C18H18N8/c1-2-4-15(5-3-1)26-18-16(10-22-26)17(20-12-21-18)24-8-6-14(7-9-24)25-13-19-11-23-25/h1-5,10-14H,6-9H2. The van der Waals surface area contributed by atoms with Gasteiger partial charge in [0.05, 0.1) is 23.3 Å². The molecular weight excluding hydrogens is 328 g/mol. The number of hydrogen-bond acceptors (Lipinski definition) is 6. The van der Waals surface area contributed by atoms with E-state index in [1.807, 2.05) is 45.9 Å². The zero-order valence-corrected chi connectivity index (χ0v) is 14.2.